The van der Waals surface area contributed by atoms with Gasteiger partial charge in [0, 0.05) is 5.56 Å². The van der Waals surface area contributed by atoms with Gasteiger partial charge in [-0.05, 0) is 30.5 Å². The number of ether oxygens (including phenoxy) is 1. The van der Waals surface area contributed by atoms with Crippen molar-refractivity contribution in [3.63, 3.8) is 0 Å². The normalized spacial score (nSPS) is 11.9. The number of para-hydroxylation sites is 1. The number of thiophene rings is 1. The molecule has 0 fully saturated rings. The molecule has 1 amide bonds. The van der Waals surface area contributed by atoms with Gasteiger partial charge in [0.15, 0.2) is 5.69 Å². The van der Waals surface area contributed by atoms with Gasteiger partial charge in [0.05, 0.1) is 23.7 Å². The van der Waals surface area contributed by atoms with Crippen molar-refractivity contribution in [3.8, 4) is 16.3 Å². The molecule has 0 aliphatic heterocycles. The van der Waals surface area contributed by atoms with Gasteiger partial charge < -0.3 is 10.1 Å². The monoisotopic (exact) mass is 327 g/mol. The largest absolute Gasteiger partial charge is 0.496 e. The molecule has 23 heavy (non-hydrogen) atoms. The SMILES string of the molecule is COc1ccccc1C(C)NC(=O)c1cc(-c2cccs2)[nH]n1. The molecule has 1 aromatic carbocycles. The highest BCUT2D eigenvalue weighted by Gasteiger charge is 2.17. The number of aromatic nitrogens is 2. The van der Waals surface area contributed by atoms with Gasteiger partial charge in [-0.25, -0.2) is 0 Å². The molecule has 0 bridgehead atoms. The Morgan fingerprint density at radius 1 is 1.30 bits per heavy atom. The number of rotatable bonds is 5. The summed E-state index contributed by atoms with van der Waals surface area (Å²) in [6, 6.07) is 13.2. The summed E-state index contributed by atoms with van der Waals surface area (Å²) in [5, 5.41) is 11.9. The zero-order valence-corrected chi connectivity index (χ0v) is 13.7. The molecule has 5 nitrogen and oxygen atoms in total. The van der Waals surface area contributed by atoms with Crippen LogP contribution in [0.3, 0.4) is 0 Å². The Morgan fingerprint density at radius 3 is 2.87 bits per heavy atom. The summed E-state index contributed by atoms with van der Waals surface area (Å²) in [5.41, 5.74) is 2.14. The lowest BCUT2D eigenvalue weighted by molar-refractivity contribution is 0.0934. The van der Waals surface area contributed by atoms with E-state index in [-0.39, 0.29) is 11.9 Å². The first-order valence-corrected chi connectivity index (χ1v) is 8.10. The van der Waals surface area contributed by atoms with E-state index in [0.717, 1.165) is 21.9 Å². The minimum Gasteiger partial charge on any atom is -0.496 e. The molecule has 1 atom stereocenters. The second-order valence-corrected chi connectivity index (χ2v) is 6.03. The standard InChI is InChI=1S/C17H17N3O2S/c1-11(12-6-3-4-7-15(12)22-2)18-17(21)14-10-13(19-20-14)16-8-5-9-23-16/h3-11H,1-2H3,(H,18,21)(H,19,20). The van der Waals surface area contributed by atoms with Crippen molar-refractivity contribution < 1.29 is 9.53 Å². The molecule has 1 unspecified atom stereocenters. The minimum atomic E-state index is -0.220. The first-order valence-electron chi connectivity index (χ1n) is 7.22. The maximum atomic E-state index is 12.4. The van der Waals surface area contributed by atoms with Crippen LogP contribution in [0, 0.1) is 0 Å². The lowest BCUT2D eigenvalue weighted by Gasteiger charge is -2.16. The zero-order chi connectivity index (χ0) is 16.2. The van der Waals surface area contributed by atoms with E-state index in [1.807, 2.05) is 48.7 Å². The number of methoxy groups -OCH3 is 1. The number of nitrogens with one attached hydrogen (secondary N) is 2. The van der Waals surface area contributed by atoms with Crippen LogP contribution in [0.5, 0.6) is 5.75 Å². The quantitative estimate of drug-likeness (QED) is 0.752. The number of nitrogens with zero attached hydrogens (tertiary/aromatic N) is 1. The van der Waals surface area contributed by atoms with Gasteiger partial charge in [-0.2, -0.15) is 5.10 Å². The average Bonchev–Trinajstić information content (AvgIpc) is 3.25. The van der Waals surface area contributed by atoms with Gasteiger partial charge in [-0.3, -0.25) is 9.89 Å². The summed E-state index contributed by atoms with van der Waals surface area (Å²) in [4.78, 5) is 13.4. The van der Waals surface area contributed by atoms with Crippen LogP contribution in [0.25, 0.3) is 10.6 Å². The highest BCUT2D eigenvalue weighted by Crippen LogP contribution is 2.25. The fourth-order valence-corrected chi connectivity index (χ4v) is 3.06. The van der Waals surface area contributed by atoms with Crippen LogP contribution >= 0.6 is 11.3 Å². The van der Waals surface area contributed by atoms with Gasteiger partial charge >= 0.3 is 0 Å². The van der Waals surface area contributed by atoms with E-state index in [0.29, 0.717) is 5.69 Å². The maximum Gasteiger partial charge on any atom is 0.272 e. The number of carbonyl (C=O) groups is 1. The van der Waals surface area contributed by atoms with Gasteiger partial charge in [-0.15, -0.1) is 11.3 Å². The van der Waals surface area contributed by atoms with Gasteiger partial charge in [0.25, 0.3) is 5.91 Å². The third-order valence-corrected chi connectivity index (χ3v) is 4.45. The molecule has 2 heterocycles. The third kappa shape index (κ3) is 3.27. The molecule has 0 radical (unpaired) electrons. The molecule has 2 N–H and O–H groups in total. The number of hydrogen-bond donors (Lipinski definition) is 2. The Balaban J connectivity index is 1.74. The van der Waals surface area contributed by atoms with Crippen molar-refractivity contribution in [2.45, 2.75) is 13.0 Å². The number of aromatic amines is 1. The molecule has 0 aliphatic rings. The topological polar surface area (TPSA) is 67.0 Å². The molecular formula is C17H17N3O2S. The fourth-order valence-electron chi connectivity index (χ4n) is 2.37. The second-order valence-electron chi connectivity index (χ2n) is 5.08. The van der Waals surface area contributed by atoms with Crippen molar-refractivity contribution >= 4 is 17.2 Å². The van der Waals surface area contributed by atoms with Crippen molar-refractivity contribution in [1.29, 1.82) is 0 Å². The van der Waals surface area contributed by atoms with Crippen molar-refractivity contribution in [2.75, 3.05) is 7.11 Å². The van der Waals surface area contributed by atoms with Crippen molar-refractivity contribution in [1.82, 2.24) is 15.5 Å². The predicted octanol–water partition coefficient (Wildman–Crippen LogP) is 3.64. The van der Waals surface area contributed by atoms with Gasteiger partial charge in [0.1, 0.15) is 5.75 Å². The smallest absolute Gasteiger partial charge is 0.272 e. The Kier molecular flexibility index (Phi) is 4.43. The van der Waals surface area contributed by atoms with E-state index in [1.165, 1.54) is 0 Å². The summed E-state index contributed by atoms with van der Waals surface area (Å²) in [7, 11) is 1.62. The minimum absolute atomic E-state index is 0.180. The van der Waals surface area contributed by atoms with Crippen molar-refractivity contribution in [3.05, 3.63) is 59.1 Å². The van der Waals surface area contributed by atoms with E-state index in [1.54, 1.807) is 24.5 Å². The third-order valence-electron chi connectivity index (χ3n) is 3.55. The number of carbonyl (C=O) groups excluding carboxylic acids is 1. The van der Waals surface area contributed by atoms with Crippen molar-refractivity contribution in [2.24, 2.45) is 0 Å². The van der Waals surface area contributed by atoms with Crippen LogP contribution in [-0.2, 0) is 0 Å². The first-order chi connectivity index (χ1) is 11.2. The second kappa shape index (κ2) is 6.66. The lowest BCUT2D eigenvalue weighted by atomic mass is 10.1. The Labute approximate surface area is 138 Å². The zero-order valence-electron chi connectivity index (χ0n) is 12.9. The molecule has 6 heteroatoms. The molecule has 0 saturated carbocycles. The molecule has 0 spiro atoms. The molecular weight excluding hydrogens is 310 g/mol. The Morgan fingerprint density at radius 2 is 2.13 bits per heavy atom. The molecule has 3 rings (SSSR count). The average molecular weight is 327 g/mol. The highest BCUT2D eigenvalue weighted by molar-refractivity contribution is 7.13. The van der Waals surface area contributed by atoms with Crippen LogP contribution in [0.4, 0.5) is 0 Å². The Hall–Kier alpha value is -2.60. The molecule has 3 aromatic rings. The number of hydrogen-bond acceptors (Lipinski definition) is 4. The number of benzene rings is 1. The molecule has 118 valence electrons. The van der Waals surface area contributed by atoms with Crippen LogP contribution in [0.2, 0.25) is 0 Å². The number of amides is 1. The maximum absolute atomic E-state index is 12.4. The van der Waals surface area contributed by atoms with E-state index in [4.69, 9.17) is 4.74 Å². The van der Waals surface area contributed by atoms with Gasteiger partial charge in [-0.1, -0.05) is 24.3 Å². The van der Waals surface area contributed by atoms with E-state index in [2.05, 4.69) is 15.5 Å². The van der Waals surface area contributed by atoms with Crippen LogP contribution in [-0.4, -0.2) is 23.2 Å². The summed E-state index contributed by atoms with van der Waals surface area (Å²) in [6.45, 7) is 1.92. The van der Waals surface area contributed by atoms with Gasteiger partial charge in [0.2, 0.25) is 0 Å². The van der Waals surface area contributed by atoms with Crippen LogP contribution in [0.15, 0.2) is 47.8 Å². The lowest BCUT2D eigenvalue weighted by Crippen LogP contribution is -2.27. The first kappa shape index (κ1) is 15.3. The Bertz CT molecular complexity index is 796. The number of H-pyrrole nitrogens is 1. The van der Waals surface area contributed by atoms with E-state index >= 15 is 0 Å². The predicted molar refractivity (Wildman–Crippen MR) is 90.8 cm³/mol. The fraction of sp³-hybridized carbons (Fsp3) is 0.176. The van der Waals surface area contributed by atoms with Crippen LogP contribution in [0.1, 0.15) is 29.0 Å². The highest BCUT2D eigenvalue weighted by atomic mass is 32.1. The van der Waals surface area contributed by atoms with Crippen LogP contribution < -0.4 is 10.1 Å². The molecule has 0 saturated heterocycles. The summed E-state index contributed by atoms with van der Waals surface area (Å²) in [5.74, 6) is 0.532. The summed E-state index contributed by atoms with van der Waals surface area (Å²) >= 11 is 1.60. The summed E-state index contributed by atoms with van der Waals surface area (Å²) < 4.78 is 5.34. The summed E-state index contributed by atoms with van der Waals surface area (Å²) in [6.07, 6.45) is 0. The molecule has 2 aromatic heterocycles. The molecule has 0 aliphatic carbocycles. The van der Waals surface area contributed by atoms with E-state index in [9.17, 15) is 4.79 Å². The van der Waals surface area contributed by atoms with E-state index < -0.39 is 0 Å².